The van der Waals surface area contributed by atoms with E-state index in [0.717, 1.165) is 31.9 Å². The number of carbonyl (C=O) groups excluding carboxylic acids is 1. The first kappa shape index (κ1) is 12.6. The lowest BCUT2D eigenvalue weighted by Gasteiger charge is -2.24. The van der Waals surface area contributed by atoms with Crippen molar-refractivity contribution in [3.05, 3.63) is 30.3 Å². The average Bonchev–Trinajstić information content (AvgIpc) is 2.41. The zero-order chi connectivity index (χ0) is 12.6. The van der Waals surface area contributed by atoms with Gasteiger partial charge in [-0.05, 0) is 18.1 Å². The van der Waals surface area contributed by atoms with E-state index in [1.54, 1.807) is 0 Å². The number of anilines is 1. The second-order valence-electron chi connectivity index (χ2n) is 4.15. The van der Waals surface area contributed by atoms with Gasteiger partial charge < -0.3 is 10.6 Å². The molecule has 0 unspecified atom stereocenters. The van der Waals surface area contributed by atoms with Gasteiger partial charge in [-0.25, -0.2) is 0 Å². The molecule has 1 amide bonds. The molecule has 0 spiro atoms. The van der Waals surface area contributed by atoms with Crippen molar-refractivity contribution < 1.29 is 4.79 Å². The van der Waals surface area contributed by atoms with Gasteiger partial charge in [0.25, 0.3) is 5.91 Å². The Labute approximate surface area is 107 Å². The van der Waals surface area contributed by atoms with E-state index in [0.29, 0.717) is 6.54 Å². The highest BCUT2D eigenvalue weighted by Gasteiger charge is 2.06. The third-order valence-corrected chi connectivity index (χ3v) is 2.75. The largest absolute Gasteiger partial charge is 0.315 e. The zero-order valence-corrected chi connectivity index (χ0v) is 10.3. The topological polar surface area (TPSA) is 44.4 Å². The van der Waals surface area contributed by atoms with Gasteiger partial charge in [-0.1, -0.05) is 24.1 Å². The summed E-state index contributed by atoms with van der Waals surface area (Å²) in [6.45, 7) is 4.64. The molecule has 1 saturated heterocycles. The summed E-state index contributed by atoms with van der Waals surface area (Å²) in [6, 6.07) is 9.35. The highest BCUT2D eigenvalue weighted by atomic mass is 16.1. The molecule has 1 aliphatic rings. The summed E-state index contributed by atoms with van der Waals surface area (Å²) >= 11 is 0. The van der Waals surface area contributed by atoms with Crippen LogP contribution in [0.4, 0.5) is 5.69 Å². The minimum absolute atomic E-state index is 0.253. The maximum atomic E-state index is 11.5. The molecular formula is C14H17N3O. The Bertz CT molecular complexity index is 441. The van der Waals surface area contributed by atoms with Crippen LogP contribution in [-0.4, -0.2) is 43.5 Å². The standard InChI is InChI=1S/C14H17N3O/c18-14(16-13-5-2-1-3-6-13)7-4-10-17-11-8-15-9-12-17/h1-3,5-6,15H,8-12H2,(H,16,18). The van der Waals surface area contributed by atoms with Crippen LogP contribution in [0.15, 0.2) is 30.3 Å². The van der Waals surface area contributed by atoms with Crippen molar-refractivity contribution >= 4 is 11.6 Å². The summed E-state index contributed by atoms with van der Waals surface area (Å²) in [7, 11) is 0. The number of hydrogen-bond donors (Lipinski definition) is 2. The van der Waals surface area contributed by atoms with E-state index in [4.69, 9.17) is 0 Å². The quantitative estimate of drug-likeness (QED) is 0.745. The average molecular weight is 243 g/mol. The van der Waals surface area contributed by atoms with E-state index in [2.05, 4.69) is 27.4 Å². The van der Waals surface area contributed by atoms with Crippen LogP contribution in [0, 0.1) is 11.8 Å². The molecule has 1 fully saturated rings. The molecule has 0 aromatic heterocycles. The van der Waals surface area contributed by atoms with Crippen LogP contribution in [0.3, 0.4) is 0 Å². The number of amides is 1. The van der Waals surface area contributed by atoms with Gasteiger partial charge in [-0.2, -0.15) is 0 Å². The van der Waals surface area contributed by atoms with Crippen molar-refractivity contribution in [1.29, 1.82) is 0 Å². The van der Waals surface area contributed by atoms with Crippen LogP contribution in [0.1, 0.15) is 0 Å². The monoisotopic (exact) mass is 243 g/mol. The summed E-state index contributed by atoms with van der Waals surface area (Å²) in [5.74, 6) is 5.27. The lowest BCUT2D eigenvalue weighted by molar-refractivity contribution is -0.111. The Kier molecular flexibility index (Phi) is 4.77. The van der Waals surface area contributed by atoms with E-state index in [1.807, 2.05) is 30.3 Å². The molecule has 1 aliphatic heterocycles. The van der Waals surface area contributed by atoms with Gasteiger partial charge in [0.05, 0.1) is 6.54 Å². The third kappa shape index (κ3) is 4.21. The van der Waals surface area contributed by atoms with Crippen molar-refractivity contribution in [3.8, 4) is 11.8 Å². The Hall–Kier alpha value is -1.83. The molecular weight excluding hydrogens is 226 g/mol. The SMILES string of the molecule is O=C(C#CCN1CCNCC1)Nc1ccccc1. The van der Waals surface area contributed by atoms with Gasteiger partial charge in [0.15, 0.2) is 0 Å². The predicted octanol–water partition coefficient (Wildman–Crippen LogP) is 0.534. The van der Waals surface area contributed by atoms with E-state index in [9.17, 15) is 4.79 Å². The smallest absolute Gasteiger partial charge is 0.300 e. The molecule has 4 nitrogen and oxygen atoms in total. The number of nitrogens with one attached hydrogen (secondary N) is 2. The normalized spacial score (nSPS) is 15.6. The van der Waals surface area contributed by atoms with Crippen LogP contribution in [0.25, 0.3) is 0 Å². The molecule has 18 heavy (non-hydrogen) atoms. The van der Waals surface area contributed by atoms with Crippen LogP contribution < -0.4 is 10.6 Å². The molecule has 0 atom stereocenters. The number of benzene rings is 1. The number of hydrogen-bond acceptors (Lipinski definition) is 3. The lowest BCUT2D eigenvalue weighted by atomic mass is 10.3. The Morgan fingerprint density at radius 2 is 2.00 bits per heavy atom. The van der Waals surface area contributed by atoms with Gasteiger partial charge in [-0.15, -0.1) is 0 Å². The van der Waals surface area contributed by atoms with Crippen LogP contribution in [0.5, 0.6) is 0 Å². The molecule has 0 saturated carbocycles. The van der Waals surface area contributed by atoms with Crippen molar-refractivity contribution in [2.45, 2.75) is 0 Å². The van der Waals surface area contributed by atoms with E-state index in [1.165, 1.54) is 0 Å². The van der Waals surface area contributed by atoms with E-state index in [-0.39, 0.29) is 5.91 Å². The summed E-state index contributed by atoms with van der Waals surface area (Å²) in [5.41, 5.74) is 0.777. The summed E-state index contributed by atoms with van der Waals surface area (Å²) in [6.07, 6.45) is 0. The summed E-state index contributed by atoms with van der Waals surface area (Å²) in [5, 5.41) is 6.01. The number of rotatable bonds is 2. The van der Waals surface area contributed by atoms with E-state index >= 15 is 0 Å². The molecule has 4 heteroatoms. The number of piperazine rings is 1. The van der Waals surface area contributed by atoms with Crippen LogP contribution >= 0.6 is 0 Å². The number of carbonyl (C=O) groups is 1. The molecule has 0 radical (unpaired) electrons. The van der Waals surface area contributed by atoms with Crippen LogP contribution in [-0.2, 0) is 4.79 Å². The third-order valence-electron chi connectivity index (χ3n) is 2.75. The fourth-order valence-corrected chi connectivity index (χ4v) is 1.78. The van der Waals surface area contributed by atoms with Crippen molar-refractivity contribution in [2.24, 2.45) is 0 Å². The number of para-hydroxylation sites is 1. The van der Waals surface area contributed by atoms with Gasteiger partial charge in [0.1, 0.15) is 0 Å². The first-order valence-corrected chi connectivity index (χ1v) is 6.12. The minimum atomic E-state index is -0.253. The zero-order valence-electron chi connectivity index (χ0n) is 10.3. The molecule has 94 valence electrons. The first-order valence-electron chi connectivity index (χ1n) is 6.12. The second-order valence-corrected chi connectivity index (χ2v) is 4.15. The number of nitrogens with zero attached hydrogens (tertiary/aromatic N) is 1. The minimum Gasteiger partial charge on any atom is -0.315 e. The highest BCUT2D eigenvalue weighted by Crippen LogP contribution is 2.03. The predicted molar refractivity (Wildman–Crippen MR) is 72.2 cm³/mol. The molecule has 1 heterocycles. The summed E-state index contributed by atoms with van der Waals surface area (Å²) < 4.78 is 0. The van der Waals surface area contributed by atoms with Crippen LogP contribution in [0.2, 0.25) is 0 Å². The molecule has 2 N–H and O–H groups in total. The maximum absolute atomic E-state index is 11.5. The molecule has 0 bridgehead atoms. The highest BCUT2D eigenvalue weighted by molar-refractivity contribution is 6.03. The fraction of sp³-hybridized carbons (Fsp3) is 0.357. The second kappa shape index (κ2) is 6.80. The van der Waals surface area contributed by atoms with Gasteiger partial charge in [0, 0.05) is 31.9 Å². The lowest BCUT2D eigenvalue weighted by Crippen LogP contribution is -2.43. The van der Waals surface area contributed by atoms with Gasteiger partial charge in [-0.3, -0.25) is 9.69 Å². The molecule has 1 aromatic rings. The fourth-order valence-electron chi connectivity index (χ4n) is 1.78. The Balaban J connectivity index is 1.77. The summed E-state index contributed by atoms with van der Waals surface area (Å²) in [4.78, 5) is 13.8. The van der Waals surface area contributed by atoms with E-state index < -0.39 is 0 Å². The van der Waals surface area contributed by atoms with Gasteiger partial charge >= 0.3 is 0 Å². The first-order chi connectivity index (χ1) is 8.84. The van der Waals surface area contributed by atoms with Crippen molar-refractivity contribution in [1.82, 2.24) is 10.2 Å². The maximum Gasteiger partial charge on any atom is 0.300 e. The Morgan fingerprint density at radius 3 is 2.72 bits per heavy atom. The van der Waals surface area contributed by atoms with Crippen molar-refractivity contribution in [2.75, 3.05) is 38.0 Å². The molecule has 1 aromatic carbocycles. The van der Waals surface area contributed by atoms with Gasteiger partial charge in [0.2, 0.25) is 0 Å². The van der Waals surface area contributed by atoms with Crippen molar-refractivity contribution in [3.63, 3.8) is 0 Å². The molecule has 2 rings (SSSR count). The Morgan fingerprint density at radius 1 is 1.28 bits per heavy atom. The molecule has 0 aliphatic carbocycles.